The topological polar surface area (TPSA) is 17.8 Å². The van der Waals surface area contributed by atoms with Gasteiger partial charge in [-0.2, -0.15) is 0 Å². The number of rotatable bonds is 1. The summed E-state index contributed by atoms with van der Waals surface area (Å²) in [5.74, 6) is -0.260. The Morgan fingerprint density at radius 2 is 2.23 bits per heavy atom. The van der Waals surface area contributed by atoms with E-state index in [0.29, 0.717) is 4.47 Å². The molecule has 1 heterocycles. The average Bonchev–Trinajstić information content (AvgIpc) is 2.62. The van der Waals surface area contributed by atoms with Crippen molar-refractivity contribution in [2.75, 3.05) is 0 Å². The van der Waals surface area contributed by atoms with Crippen molar-refractivity contribution in [3.8, 4) is 5.69 Å². The minimum absolute atomic E-state index is 0.260. The van der Waals surface area contributed by atoms with E-state index in [9.17, 15) is 4.39 Å². The first-order valence-electron chi connectivity index (χ1n) is 3.71. The standard InChI is InChI=1S/C9H6BrFN2/c10-8-5-7(1-2-9(8)11)13-4-3-12-6-13/h1-6H. The highest BCUT2D eigenvalue weighted by molar-refractivity contribution is 9.10. The van der Waals surface area contributed by atoms with Crippen LogP contribution in [0.25, 0.3) is 5.69 Å². The lowest BCUT2D eigenvalue weighted by Crippen LogP contribution is -1.90. The van der Waals surface area contributed by atoms with Gasteiger partial charge in [0.05, 0.1) is 10.8 Å². The second-order valence-electron chi connectivity index (χ2n) is 2.57. The van der Waals surface area contributed by atoms with Crippen molar-refractivity contribution in [2.45, 2.75) is 0 Å². The van der Waals surface area contributed by atoms with Crippen LogP contribution < -0.4 is 0 Å². The molecule has 0 spiro atoms. The number of nitrogens with zero attached hydrogens (tertiary/aromatic N) is 2. The lowest BCUT2D eigenvalue weighted by molar-refractivity contribution is 0.620. The molecule has 0 saturated carbocycles. The first kappa shape index (κ1) is 8.44. The van der Waals surface area contributed by atoms with Crippen molar-refractivity contribution in [3.63, 3.8) is 0 Å². The Hall–Kier alpha value is -1.16. The average molecular weight is 241 g/mol. The largest absolute Gasteiger partial charge is 0.306 e. The number of imidazole rings is 1. The minimum Gasteiger partial charge on any atom is -0.306 e. The van der Waals surface area contributed by atoms with Crippen LogP contribution in [0.4, 0.5) is 4.39 Å². The molecule has 66 valence electrons. The van der Waals surface area contributed by atoms with Crippen LogP contribution in [0.15, 0.2) is 41.4 Å². The summed E-state index contributed by atoms with van der Waals surface area (Å²) in [6, 6.07) is 4.82. The predicted octanol–water partition coefficient (Wildman–Crippen LogP) is 2.77. The lowest BCUT2D eigenvalue weighted by atomic mass is 10.3. The van der Waals surface area contributed by atoms with E-state index in [4.69, 9.17) is 0 Å². The highest BCUT2D eigenvalue weighted by Gasteiger charge is 2.00. The van der Waals surface area contributed by atoms with Gasteiger partial charge in [0.2, 0.25) is 0 Å². The van der Waals surface area contributed by atoms with Crippen LogP contribution in [-0.2, 0) is 0 Å². The number of benzene rings is 1. The number of aromatic nitrogens is 2. The van der Waals surface area contributed by atoms with Gasteiger partial charge in [0, 0.05) is 18.1 Å². The molecular weight excluding hydrogens is 235 g/mol. The Morgan fingerprint density at radius 3 is 2.85 bits per heavy atom. The van der Waals surface area contributed by atoms with Gasteiger partial charge in [-0.15, -0.1) is 0 Å². The molecule has 1 aromatic heterocycles. The maximum atomic E-state index is 12.9. The summed E-state index contributed by atoms with van der Waals surface area (Å²) in [5, 5.41) is 0. The van der Waals surface area contributed by atoms with E-state index >= 15 is 0 Å². The Labute approximate surface area is 83.2 Å². The molecule has 4 heteroatoms. The molecule has 0 N–H and O–H groups in total. The fourth-order valence-electron chi connectivity index (χ4n) is 1.06. The van der Waals surface area contributed by atoms with Gasteiger partial charge in [0.25, 0.3) is 0 Å². The molecule has 0 radical (unpaired) electrons. The molecule has 13 heavy (non-hydrogen) atoms. The summed E-state index contributed by atoms with van der Waals surface area (Å²) >= 11 is 3.12. The zero-order valence-electron chi connectivity index (χ0n) is 6.61. The summed E-state index contributed by atoms with van der Waals surface area (Å²) in [5.41, 5.74) is 0.880. The molecule has 0 aliphatic heterocycles. The van der Waals surface area contributed by atoms with Crippen molar-refractivity contribution < 1.29 is 4.39 Å². The number of hydrogen-bond donors (Lipinski definition) is 0. The highest BCUT2D eigenvalue weighted by Crippen LogP contribution is 2.18. The first-order chi connectivity index (χ1) is 6.27. The lowest BCUT2D eigenvalue weighted by Gasteiger charge is -2.02. The molecule has 1 aromatic carbocycles. The van der Waals surface area contributed by atoms with E-state index in [-0.39, 0.29) is 5.82 Å². The first-order valence-corrected chi connectivity index (χ1v) is 4.50. The van der Waals surface area contributed by atoms with E-state index in [0.717, 1.165) is 5.69 Å². The molecule has 0 aliphatic rings. The van der Waals surface area contributed by atoms with Gasteiger partial charge < -0.3 is 4.57 Å². The summed E-state index contributed by atoms with van der Waals surface area (Å²) in [4.78, 5) is 3.90. The van der Waals surface area contributed by atoms with Crippen LogP contribution in [0, 0.1) is 5.82 Å². The van der Waals surface area contributed by atoms with Crippen molar-refractivity contribution >= 4 is 15.9 Å². The molecule has 2 rings (SSSR count). The predicted molar refractivity (Wildman–Crippen MR) is 51.2 cm³/mol. The Bertz CT molecular complexity index is 412. The van der Waals surface area contributed by atoms with Crippen molar-refractivity contribution in [1.29, 1.82) is 0 Å². The molecule has 0 fully saturated rings. The summed E-state index contributed by atoms with van der Waals surface area (Å²) in [6.45, 7) is 0. The maximum Gasteiger partial charge on any atom is 0.137 e. The van der Waals surface area contributed by atoms with Crippen LogP contribution in [0.2, 0.25) is 0 Å². The second kappa shape index (κ2) is 3.30. The molecular formula is C9H6BrFN2. The SMILES string of the molecule is Fc1ccc(-n2ccnc2)cc1Br. The second-order valence-corrected chi connectivity index (χ2v) is 3.42. The van der Waals surface area contributed by atoms with Gasteiger partial charge in [-0.25, -0.2) is 9.37 Å². The zero-order valence-corrected chi connectivity index (χ0v) is 8.20. The number of hydrogen-bond acceptors (Lipinski definition) is 1. The quantitative estimate of drug-likeness (QED) is 0.750. The molecule has 2 nitrogen and oxygen atoms in total. The molecule has 0 unspecified atom stereocenters. The summed E-state index contributed by atoms with van der Waals surface area (Å²) in [6.07, 6.45) is 5.15. The number of halogens is 2. The fourth-order valence-corrected chi connectivity index (χ4v) is 1.42. The van der Waals surface area contributed by atoms with Gasteiger partial charge >= 0.3 is 0 Å². The van der Waals surface area contributed by atoms with Gasteiger partial charge in [-0.3, -0.25) is 0 Å². The van der Waals surface area contributed by atoms with E-state index < -0.39 is 0 Å². The third-order valence-corrected chi connectivity index (χ3v) is 2.31. The van der Waals surface area contributed by atoms with Crippen LogP contribution in [0.5, 0.6) is 0 Å². The highest BCUT2D eigenvalue weighted by atomic mass is 79.9. The zero-order chi connectivity index (χ0) is 9.26. The molecule has 0 amide bonds. The van der Waals surface area contributed by atoms with Crippen molar-refractivity contribution in [1.82, 2.24) is 9.55 Å². The maximum absolute atomic E-state index is 12.9. The molecule has 0 atom stereocenters. The van der Waals surface area contributed by atoms with E-state index in [2.05, 4.69) is 20.9 Å². The fraction of sp³-hybridized carbons (Fsp3) is 0. The van der Waals surface area contributed by atoms with Gasteiger partial charge in [0.15, 0.2) is 0 Å². The van der Waals surface area contributed by atoms with E-state index in [1.807, 2.05) is 4.57 Å². The summed E-state index contributed by atoms with van der Waals surface area (Å²) < 4.78 is 15.1. The molecule has 0 aliphatic carbocycles. The normalized spacial score (nSPS) is 10.3. The molecule has 0 saturated heterocycles. The van der Waals surface area contributed by atoms with Crippen LogP contribution in [0.1, 0.15) is 0 Å². The molecule has 2 aromatic rings. The van der Waals surface area contributed by atoms with Crippen LogP contribution in [-0.4, -0.2) is 9.55 Å². The Balaban J connectivity index is 2.49. The monoisotopic (exact) mass is 240 g/mol. The van der Waals surface area contributed by atoms with E-state index in [1.54, 1.807) is 30.9 Å². The third-order valence-electron chi connectivity index (χ3n) is 1.71. The summed E-state index contributed by atoms with van der Waals surface area (Å²) in [7, 11) is 0. The molecule has 0 bridgehead atoms. The Kier molecular flexibility index (Phi) is 2.14. The third kappa shape index (κ3) is 1.62. The van der Waals surface area contributed by atoms with Crippen molar-refractivity contribution in [3.05, 3.63) is 47.2 Å². The van der Waals surface area contributed by atoms with E-state index in [1.165, 1.54) is 6.07 Å². The van der Waals surface area contributed by atoms with Crippen LogP contribution >= 0.6 is 15.9 Å². The Morgan fingerprint density at radius 1 is 1.38 bits per heavy atom. The smallest absolute Gasteiger partial charge is 0.137 e. The van der Waals surface area contributed by atoms with Gasteiger partial charge in [-0.1, -0.05) is 0 Å². The van der Waals surface area contributed by atoms with Crippen molar-refractivity contribution in [2.24, 2.45) is 0 Å². The minimum atomic E-state index is -0.260. The van der Waals surface area contributed by atoms with Gasteiger partial charge in [-0.05, 0) is 34.1 Å². The van der Waals surface area contributed by atoms with Gasteiger partial charge in [0.1, 0.15) is 5.82 Å². The van der Waals surface area contributed by atoms with Crippen LogP contribution in [0.3, 0.4) is 0 Å².